The lowest BCUT2D eigenvalue weighted by molar-refractivity contribution is 0.103. The summed E-state index contributed by atoms with van der Waals surface area (Å²) in [5, 5.41) is 4.64. The highest BCUT2D eigenvalue weighted by Crippen LogP contribution is 2.30. The molecule has 3 aromatic rings. The maximum Gasteiger partial charge on any atom is 0.243 e. The van der Waals surface area contributed by atoms with E-state index in [0.29, 0.717) is 37.6 Å². The zero-order valence-corrected chi connectivity index (χ0v) is 20.3. The molecule has 0 unspecified atom stereocenters. The lowest BCUT2D eigenvalue weighted by Crippen LogP contribution is -2.36. The number of nitrogens with zero attached hydrogens (tertiary/aromatic N) is 3. The first-order valence-electron chi connectivity index (χ1n) is 10.9. The molecule has 4 rings (SSSR count). The van der Waals surface area contributed by atoms with Crippen LogP contribution in [0, 0.1) is 27.7 Å². The van der Waals surface area contributed by atoms with Gasteiger partial charge in [-0.25, -0.2) is 8.42 Å². The van der Waals surface area contributed by atoms with Gasteiger partial charge in [0, 0.05) is 37.8 Å². The van der Waals surface area contributed by atoms with E-state index in [9.17, 15) is 8.42 Å². The molecule has 0 spiro atoms. The lowest BCUT2D eigenvalue weighted by Gasteiger charge is -2.28. The van der Waals surface area contributed by atoms with Crippen molar-refractivity contribution in [1.29, 1.82) is 0 Å². The maximum atomic E-state index is 13.5. The Morgan fingerprint density at radius 1 is 0.969 bits per heavy atom. The Morgan fingerprint density at radius 2 is 1.66 bits per heavy atom. The van der Waals surface area contributed by atoms with Crippen LogP contribution < -0.4 is 0 Å². The summed E-state index contributed by atoms with van der Waals surface area (Å²) in [7, 11) is -1.68. The number of fused-ring (bicyclic) bond motifs is 1. The summed E-state index contributed by atoms with van der Waals surface area (Å²) in [6.07, 6.45) is 0.639. The average molecular weight is 454 g/mol. The normalized spacial score (nSPS) is 14.5. The van der Waals surface area contributed by atoms with E-state index >= 15 is 0 Å². The minimum absolute atomic E-state index is 0.321. The smallest absolute Gasteiger partial charge is 0.243 e. The molecule has 32 heavy (non-hydrogen) atoms. The van der Waals surface area contributed by atoms with Gasteiger partial charge in [0.2, 0.25) is 10.0 Å². The van der Waals surface area contributed by atoms with Gasteiger partial charge in [-0.1, -0.05) is 35.9 Å². The second-order valence-electron chi connectivity index (χ2n) is 8.76. The molecule has 2 heterocycles. The van der Waals surface area contributed by atoms with E-state index < -0.39 is 10.0 Å². The number of sulfonamides is 1. The molecular weight excluding hydrogens is 422 g/mol. The zero-order valence-electron chi connectivity index (χ0n) is 19.5. The fourth-order valence-corrected chi connectivity index (χ4v) is 5.97. The monoisotopic (exact) mass is 453 g/mol. The molecule has 1 aliphatic rings. The number of rotatable bonds is 6. The molecule has 0 amide bonds. The second kappa shape index (κ2) is 8.81. The van der Waals surface area contributed by atoms with Gasteiger partial charge in [0.15, 0.2) is 0 Å². The zero-order chi connectivity index (χ0) is 23.0. The molecule has 0 aliphatic carbocycles. The van der Waals surface area contributed by atoms with Gasteiger partial charge < -0.3 is 4.74 Å². The van der Waals surface area contributed by atoms with Gasteiger partial charge in [0.05, 0.1) is 23.8 Å². The summed E-state index contributed by atoms with van der Waals surface area (Å²) in [5.41, 5.74) is 8.05. The van der Waals surface area contributed by atoms with Crippen molar-refractivity contribution in [2.24, 2.45) is 7.05 Å². The highest BCUT2D eigenvalue weighted by atomic mass is 32.2. The van der Waals surface area contributed by atoms with Crippen LogP contribution >= 0.6 is 0 Å². The van der Waals surface area contributed by atoms with Crippen molar-refractivity contribution in [3.05, 3.63) is 81.2 Å². The molecule has 0 atom stereocenters. The van der Waals surface area contributed by atoms with E-state index in [2.05, 4.69) is 36.3 Å². The van der Waals surface area contributed by atoms with Crippen molar-refractivity contribution in [2.75, 3.05) is 6.54 Å². The van der Waals surface area contributed by atoms with E-state index in [0.717, 1.165) is 39.2 Å². The van der Waals surface area contributed by atoms with Crippen molar-refractivity contribution < 1.29 is 13.2 Å². The fourth-order valence-electron chi connectivity index (χ4n) is 4.27. The van der Waals surface area contributed by atoms with Crippen LogP contribution in [0.2, 0.25) is 0 Å². The predicted molar refractivity (Wildman–Crippen MR) is 125 cm³/mol. The van der Waals surface area contributed by atoms with Gasteiger partial charge in [-0.2, -0.15) is 9.40 Å². The third kappa shape index (κ3) is 4.37. The molecule has 0 saturated carbocycles. The molecule has 6 nitrogen and oxygen atoms in total. The van der Waals surface area contributed by atoms with Crippen LogP contribution in [0.1, 0.15) is 44.8 Å². The largest absolute Gasteiger partial charge is 0.370 e. The van der Waals surface area contributed by atoms with Gasteiger partial charge in [0.1, 0.15) is 0 Å². The number of aryl methyl sites for hydroxylation is 5. The fraction of sp³-hybridized carbons (Fsp3) is 0.400. The predicted octanol–water partition coefficient (Wildman–Crippen LogP) is 4.12. The van der Waals surface area contributed by atoms with E-state index in [1.807, 2.05) is 38.6 Å². The molecule has 170 valence electrons. The maximum absolute atomic E-state index is 13.5. The SMILES string of the molecule is Cc1ccc(COCc2nn(C)c3c2CN(S(=O)(=O)c2cc(C)c(C)cc2C)CC3)cc1. The molecule has 1 aromatic heterocycles. The second-order valence-corrected chi connectivity index (χ2v) is 10.7. The molecule has 0 saturated heterocycles. The molecule has 0 radical (unpaired) electrons. The van der Waals surface area contributed by atoms with Crippen molar-refractivity contribution in [1.82, 2.24) is 14.1 Å². The summed E-state index contributed by atoms with van der Waals surface area (Å²) in [6, 6.07) is 12.0. The molecule has 2 aromatic carbocycles. The van der Waals surface area contributed by atoms with Gasteiger partial charge in [-0.15, -0.1) is 0 Å². The number of hydrogen-bond donors (Lipinski definition) is 0. The minimum Gasteiger partial charge on any atom is -0.370 e. The van der Waals surface area contributed by atoms with Crippen LogP contribution in [-0.2, 0) is 48.0 Å². The Kier molecular flexibility index (Phi) is 6.25. The van der Waals surface area contributed by atoms with Crippen LogP contribution in [0.25, 0.3) is 0 Å². The standard InChI is InChI=1S/C25H31N3O3S/c1-17-6-8-21(9-7-17)15-31-16-23-22-14-28(11-10-24(22)27(5)26-23)32(29,30)25-13-19(3)18(2)12-20(25)4/h6-9,12-13H,10-11,14-16H2,1-5H3. The molecule has 1 aliphatic heterocycles. The quantitative estimate of drug-likeness (QED) is 0.563. The highest BCUT2D eigenvalue weighted by molar-refractivity contribution is 7.89. The summed E-state index contributed by atoms with van der Waals surface area (Å²) >= 11 is 0. The topological polar surface area (TPSA) is 64.4 Å². The van der Waals surface area contributed by atoms with Crippen LogP contribution in [0.3, 0.4) is 0 Å². The summed E-state index contributed by atoms with van der Waals surface area (Å²) in [4.78, 5) is 0.394. The molecule has 7 heteroatoms. The van der Waals surface area contributed by atoms with Crippen LogP contribution in [0.4, 0.5) is 0 Å². The van der Waals surface area contributed by atoms with Gasteiger partial charge in [-0.05, 0) is 56.0 Å². The summed E-state index contributed by atoms with van der Waals surface area (Å²) in [5.74, 6) is 0. The summed E-state index contributed by atoms with van der Waals surface area (Å²) < 4.78 is 36.4. The number of benzene rings is 2. The van der Waals surface area contributed by atoms with Crippen LogP contribution in [-0.4, -0.2) is 29.0 Å². The molecular formula is C25H31N3O3S. The first kappa shape index (κ1) is 22.7. The number of ether oxygens (including phenoxy) is 1. The Morgan fingerprint density at radius 3 is 2.38 bits per heavy atom. The summed E-state index contributed by atoms with van der Waals surface area (Å²) in [6.45, 7) is 9.50. The molecule has 0 fully saturated rings. The van der Waals surface area contributed by atoms with Crippen molar-refractivity contribution in [2.45, 2.75) is 58.8 Å². The van der Waals surface area contributed by atoms with E-state index in [1.54, 1.807) is 10.4 Å². The Labute approximate surface area is 190 Å². The first-order chi connectivity index (χ1) is 15.2. The average Bonchev–Trinajstić information content (AvgIpc) is 3.07. The van der Waals surface area contributed by atoms with Crippen molar-refractivity contribution in [3.63, 3.8) is 0 Å². The highest BCUT2D eigenvalue weighted by Gasteiger charge is 2.33. The lowest BCUT2D eigenvalue weighted by atomic mass is 10.1. The van der Waals surface area contributed by atoms with E-state index in [1.165, 1.54) is 5.56 Å². The van der Waals surface area contributed by atoms with Crippen LogP contribution in [0.5, 0.6) is 0 Å². The van der Waals surface area contributed by atoms with Gasteiger partial charge >= 0.3 is 0 Å². The van der Waals surface area contributed by atoms with Crippen LogP contribution in [0.15, 0.2) is 41.3 Å². The Hall–Kier alpha value is -2.48. The van der Waals surface area contributed by atoms with Crippen molar-refractivity contribution in [3.8, 4) is 0 Å². The Balaban J connectivity index is 1.54. The van der Waals surface area contributed by atoms with Gasteiger partial charge in [0.25, 0.3) is 0 Å². The third-order valence-electron chi connectivity index (χ3n) is 6.33. The van der Waals surface area contributed by atoms with Gasteiger partial charge in [-0.3, -0.25) is 4.68 Å². The Bertz CT molecular complexity index is 1240. The number of aromatic nitrogens is 2. The minimum atomic E-state index is -3.59. The molecule has 0 N–H and O–H groups in total. The first-order valence-corrected chi connectivity index (χ1v) is 12.4. The van der Waals surface area contributed by atoms with E-state index in [4.69, 9.17) is 4.74 Å². The van der Waals surface area contributed by atoms with Crippen molar-refractivity contribution >= 4 is 10.0 Å². The number of hydrogen-bond acceptors (Lipinski definition) is 4. The molecule has 0 bridgehead atoms. The third-order valence-corrected chi connectivity index (χ3v) is 8.31. The van der Waals surface area contributed by atoms with E-state index in [-0.39, 0.29) is 0 Å².